The Hall–Kier alpha value is -2.17. The molecule has 0 aromatic heterocycles. The molecule has 3 aromatic carbocycles. The molecule has 30 heavy (non-hydrogen) atoms. The van der Waals surface area contributed by atoms with Crippen molar-refractivity contribution in [1.82, 2.24) is 4.31 Å². The van der Waals surface area contributed by atoms with Gasteiger partial charge in [-0.15, -0.1) is 0 Å². The van der Waals surface area contributed by atoms with Gasteiger partial charge in [0.2, 0.25) is 0 Å². The van der Waals surface area contributed by atoms with E-state index in [9.17, 15) is 8.42 Å². The van der Waals surface area contributed by atoms with E-state index in [0.29, 0.717) is 18.0 Å². The van der Waals surface area contributed by atoms with E-state index in [2.05, 4.69) is 41.4 Å². The fourth-order valence-electron chi connectivity index (χ4n) is 3.71. The van der Waals surface area contributed by atoms with E-state index in [4.69, 9.17) is 0 Å². The molecule has 4 rings (SSSR count). The van der Waals surface area contributed by atoms with E-state index in [-0.39, 0.29) is 20.9 Å². The van der Waals surface area contributed by atoms with Crippen molar-refractivity contribution in [2.75, 3.05) is 13.1 Å². The first-order valence-corrected chi connectivity index (χ1v) is 13.3. The third kappa shape index (κ3) is 4.93. The summed E-state index contributed by atoms with van der Waals surface area (Å²) in [4.78, 5) is 2.64. The Morgan fingerprint density at radius 3 is 2.20 bits per heavy atom. The summed E-state index contributed by atoms with van der Waals surface area (Å²) >= 11 is 0.189. The summed E-state index contributed by atoms with van der Waals surface area (Å²) in [5.74, 6) is 0.165. The zero-order valence-electron chi connectivity index (χ0n) is 16.9. The molecule has 0 bridgehead atoms. The first kappa shape index (κ1) is 21.1. The van der Waals surface area contributed by atoms with Gasteiger partial charge in [0.05, 0.1) is 0 Å². The number of rotatable bonds is 5. The molecule has 0 radical (unpaired) electrons. The third-order valence-corrected chi connectivity index (χ3v) is 9.26. The second-order valence-electron chi connectivity index (χ2n) is 7.63. The molecule has 1 unspecified atom stereocenters. The number of benzene rings is 3. The normalized spacial score (nSPS) is 19.1. The summed E-state index contributed by atoms with van der Waals surface area (Å²) in [6.07, 6.45) is 0.901. The quantitative estimate of drug-likeness (QED) is 0.514. The molecule has 0 N–H and O–H groups in total. The van der Waals surface area contributed by atoms with E-state index in [1.54, 1.807) is 16.4 Å². The standard InChI is InChI=1S/C25H25NO2SSe/c1-20-12-14-24(15-13-20)29(27,28)26-17-21(19-30-25-10-6-3-7-11-25)16-23(18-26)22-8-4-2-5-9-22/h2-15,19,23H,16-18H2,1H3/b21-19-. The number of nitrogens with zero attached hydrogens (tertiary/aromatic N) is 1. The topological polar surface area (TPSA) is 37.4 Å². The average Bonchev–Trinajstić information content (AvgIpc) is 2.79. The van der Waals surface area contributed by atoms with Crippen LogP contribution in [-0.4, -0.2) is 40.8 Å². The first-order chi connectivity index (χ1) is 14.5. The Morgan fingerprint density at radius 2 is 1.53 bits per heavy atom. The molecule has 1 aliphatic heterocycles. The molecule has 3 aromatic rings. The maximum absolute atomic E-state index is 13.4. The van der Waals surface area contributed by atoms with Crippen molar-refractivity contribution in [1.29, 1.82) is 0 Å². The van der Waals surface area contributed by atoms with Gasteiger partial charge in [-0.3, -0.25) is 0 Å². The van der Waals surface area contributed by atoms with Gasteiger partial charge in [0.15, 0.2) is 0 Å². The molecule has 3 nitrogen and oxygen atoms in total. The molecule has 0 amide bonds. The second-order valence-corrected chi connectivity index (χ2v) is 11.5. The van der Waals surface area contributed by atoms with Gasteiger partial charge in [0.1, 0.15) is 0 Å². The van der Waals surface area contributed by atoms with Crippen molar-refractivity contribution in [2.45, 2.75) is 24.2 Å². The van der Waals surface area contributed by atoms with Crippen molar-refractivity contribution < 1.29 is 8.42 Å². The number of hydrogen-bond acceptors (Lipinski definition) is 2. The van der Waals surface area contributed by atoms with Gasteiger partial charge < -0.3 is 0 Å². The van der Waals surface area contributed by atoms with Crippen LogP contribution < -0.4 is 4.46 Å². The van der Waals surface area contributed by atoms with Gasteiger partial charge in [-0.1, -0.05) is 0 Å². The van der Waals surface area contributed by atoms with Crippen LogP contribution in [-0.2, 0) is 10.0 Å². The van der Waals surface area contributed by atoms with Crippen LogP contribution in [0.25, 0.3) is 0 Å². The Labute approximate surface area is 185 Å². The molecule has 0 saturated carbocycles. The van der Waals surface area contributed by atoms with Crippen LogP contribution in [0.2, 0.25) is 0 Å². The molecular formula is C25H25NO2SSe. The fourth-order valence-corrected chi connectivity index (χ4v) is 6.85. The van der Waals surface area contributed by atoms with Gasteiger partial charge in [0, 0.05) is 0 Å². The predicted molar refractivity (Wildman–Crippen MR) is 124 cm³/mol. The van der Waals surface area contributed by atoms with Gasteiger partial charge >= 0.3 is 186 Å². The predicted octanol–water partition coefficient (Wildman–Crippen LogP) is 4.09. The van der Waals surface area contributed by atoms with Gasteiger partial charge in [-0.2, -0.15) is 0 Å². The van der Waals surface area contributed by atoms with E-state index >= 15 is 0 Å². The molecule has 1 atom stereocenters. The van der Waals surface area contributed by atoms with Crippen LogP contribution in [0.1, 0.15) is 23.5 Å². The zero-order valence-corrected chi connectivity index (χ0v) is 19.5. The first-order valence-electron chi connectivity index (χ1n) is 10.0. The van der Waals surface area contributed by atoms with Crippen LogP contribution in [0, 0.1) is 6.92 Å². The third-order valence-electron chi connectivity index (χ3n) is 5.35. The zero-order chi connectivity index (χ0) is 21.0. The summed E-state index contributed by atoms with van der Waals surface area (Å²) in [6, 6.07) is 27.8. The van der Waals surface area contributed by atoms with E-state index < -0.39 is 10.0 Å². The number of hydrogen-bond donors (Lipinski definition) is 0. The summed E-state index contributed by atoms with van der Waals surface area (Å²) in [5.41, 5.74) is 3.45. The SMILES string of the molecule is Cc1ccc(S(=O)(=O)N2C/C(=C\[Se]c3ccccc3)CC(c3ccccc3)C2)cc1. The van der Waals surface area contributed by atoms with Crippen LogP contribution in [0.3, 0.4) is 0 Å². The molecule has 1 fully saturated rings. The van der Waals surface area contributed by atoms with E-state index in [0.717, 1.165) is 12.0 Å². The molecule has 0 aliphatic carbocycles. The van der Waals surface area contributed by atoms with Crippen molar-refractivity contribution in [3.05, 3.63) is 107 Å². The average molecular weight is 483 g/mol. The number of piperidine rings is 1. The molecule has 1 heterocycles. The van der Waals surface area contributed by atoms with Crippen LogP contribution in [0.5, 0.6) is 0 Å². The molecule has 0 spiro atoms. The van der Waals surface area contributed by atoms with Crippen molar-refractivity contribution >= 4 is 29.4 Å². The van der Waals surface area contributed by atoms with Crippen molar-refractivity contribution in [3.8, 4) is 0 Å². The van der Waals surface area contributed by atoms with Gasteiger partial charge in [-0.25, -0.2) is 0 Å². The second kappa shape index (κ2) is 9.32. The minimum absolute atomic E-state index is 0.165. The number of sulfonamides is 1. The maximum atomic E-state index is 13.4. The Bertz CT molecular complexity index is 1110. The van der Waals surface area contributed by atoms with Gasteiger partial charge in [0.25, 0.3) is 0 Å². The number of aryl methyl sites for hydroxylation is 1. The fraction of sp³-hybridized carbons (Fsp3) is 0.200. The summed E-state index contributed by atoms with van der Waals surface area (Å²) in [6.45, 7) is 2.94. The molecule has 5 heteroatoms. The molecule has 1 aliphatic rings. The Morgan fingerprint density at radius 1 is 0.900 bits per heavy atom. The Kier molecular flexibility index (Phi) is 6.55. The van der Waals surface area contributed by atoms with Crippen molar-refractivity contribution in [3.63, 3.8) is 0 Å². The summed E-state index contributed by atoms with van der Waals surface area (Å²) in [5, 5.41) is 0. The monoisotopic (exact) mass is 483 g/mol. The minimum atomic E-state index is -3.54. The summed E-state index contributed by atoms with van der Waals surface area (Å²) in [7, 11) is -3.54. The van der Waals surface area contributed by atoms with Crippen molar-refractivity contribution in [2.24, 2.45) is 0 Å². The van der Waals surface area contributed by atoms with E-state index in [1.165, 1.54) is 15.6 Å². The molecule has 1 saturated heterocycles. The molecular weight excluding hydrogens is 457 g/mol. The Balaban J connectivity index is 1.64. The van der Waals surface area contributed by atoms with Crippen LogP contribution in [0.15, 0.2) is 100 Å². The summed E-state index contributed by atoms with van der Waals surface area (Å²) < 4.78 is 29.8. The molecule has 154 valence electrons. The van der Waals surface area contributed by atoms with Crippen LogP contribution >= 0.6 is 0 Å². The van der Waals surface area contributed by atoms with Crippen LogP contribution in [0.4, 0.5) is 0 Å². The van der Waals surface area contributed by atoms with Gasteiger partial charge in [-0.05, 0) is 0 Å². The van der Waals surface area contributed by atoms with E-state index in [1.807, 2.05) is 43.3 Å².